The Hall–Kier alpha value is -1.14. The molecule has 0 aliphatic carbocycles. The van der Waals surface area contributed by atoms with Crippen LogP contribution in [-0.4, -0.2) is 75.2 Å². The van der Waals surface area contributed by atoms with Crippen molar-refractivity contribution in [1.29, 1.82) is 0 Å². The molecule has 1 aliphatic rings. The Labute approximate surface area is 127 Å². The Bertz CT molecular complexity index is 316. The van der Waals surface area contributed by atoms with Gasteiger partial charge < -0.3 is 19.3 Å². The summed E-state index contributed by atoms with van der Waals surface area (Å²) in [7, 11) is 4.95. The van der Waals surface area contributed by atoms with E-state index in [1.807, 2.05) is 0 Å². The van der Waals surface area contributed by atoms with Gasteiger partial charge >= 0.3 is 11.9 Å². The number of carbonyl (C=O) groups excluding carboxylic acids is 2. The lowest BCUT2D eigenvalue weighted by Gasteiger charge is -2.25. The molecule has 0 aromatic carbocycles. The average Bonchev–Trinajstić information content (AvgIpc) is 2.90. The fourth-order valence-electron chi connectivity index (χ4n) is 2.71. The third kappa shape index (κ3) is 6.91. The van der Waals surface area contributed by atoms with E-state index in [0.717, 1.165) is 19.5 Å². The Morgan fingerprint density at radius 2 is 1.67 bits per heavy atom. The van der Waals surface area contributed by atoms with E-state index in [9.17, 15) is 9.59 Å². The molecule has 0 N–H and O–H groups in total. The molecule has 1 heterocycles. The van der Waals surface area contributed by atoms with Crippen LogP contribution in [0.15, 0.2) is 0 Å². The molecule has 1 fully saturated rings. The molecule has 6 nitrogen and oxygen atoms in total. The zero-order chi connectivity index (χ0) is 15.7. The topological polar surface area (TPSA) is 59.1 Å². The SMILES string of the molecule is COC(=O)CCN(CCC(=O)OC)CCC1CCCN1C. The molecule has 6 heteroatoms. The first-order valence-electron chi connectivity index (χ1n) is 7.63. The first kappa shape index (κ1) is 17.9. The van der Waals surface area contributed by atoms with Crippen molar-refractivity contribution in [2.45, 2.75) is 38.1 Å². The fourth-order valence-corrected chi connectivity index (χ4v) is 2.71. The van der Waals surface area contributed by atoms with Gasteiger partial charge in [-0.25, -0.2) is 0 Å². The second kappa shape index (κ2) is 9.73. The number of esters is 2. The molecule has 0 radical (unpaired) electrons. The molecule has 1 rings (SSSR count). The van der Waals surface area contributed by atoms with Crippen molar-refractivity contribution >= 4 is 11.9 Å². The maximum absolute atomic E-state index is 11.3. The van der Waals surface area contributed by atoms with Crippen molar-refractivity contribution in [3.8, 4) is 0 Å². The zero-order valence-corrected chi connectivity index (χ0v) is 13.5. The third-order valence-electron chi connectivity index (χ3n) is 4.17. The third-order valence-corrected chi connectivity index (χ3v) is 4.17. The van der Waals surface area contributed by atoms with Gasteiger partial charge in [0.25, 0.3) is 0 Å². The first-order valence-corrected chi connectivity index (χ1v) is 7.63. The van der Waals surface area contributed by atoms with Crippen LogP contribution in [0.5, 0.6) is 0 Å². The van der Waals surface area contributed by atoms with Crippen LogP contribution in [0.4, 0.5) is 0 Å². The van der Waals surface area contributed by atoms with Gasteiger partial charge in [-0.3, -0.25) is 9.59 Å². The van der Waals surface area contributed by atoms with E-state index in [1.54, 1.807) is 0 Å². The van der Waals surface area contributed by atoms with Crippen LogP contribution < -0.4 is 0 Å². The molecular weight excluding hydrogens is 272 g/mol. The summed E-state index contributed by atoms with van der Waals surface area (Å²) in [5, 5.41) is 0. The summed E-state index contributed by atoms with van der Waals surface area (Å²) >= 11 is 0. The number of methoxy groups -OCH3 is 2. The van der Waals surface area contributed by atoms with Crippen LogP contribution in [0.3, 0.4) is 0 Å². The maximum Gasteiger partial charge on any atom is 0.306 e. The van der Waals surface area contributed by atoms with Crippen LogP contribution in [-0.2, 0) is 19.1 Å². The average molecular weight is 300 g/mol. The lowest BCUT2D eigenvalue weighted by atomic mass is 10.1. The van der Waals surface area contributed by atoms with E-state index in [1.165, 1.54) is 27.1 Å². The highest BCUT2D eigenvalue weighted by Gasteiger charge is 2.21. The molecule has 1 aliphatic heterocycles. The number of ether oxygens (including phenoxy) is 2. The molecule has 0 bridgehead atoms. The Morgan fingerprint density at radius 3 is 2.10 bits per heavy atom. The summed E-state index contributed by atoms with van der Waals surface area (Å²) in [6.45, 7) is 3.30. The number of hydrogen-bond acceptors (Lipinski definition) is 6. The minimum atomic E-state index is -0.212. The highest BCUT2D eigenvalue weighted by atomic mass is 16.5. The van der Waals surface area contributed by atoms with E-state index in [0.29, 0.717) is 32.0 Å². The monoisotopic (exact) mass is 300 g/mol. The van der Waals surface area contributed by atoms with Crippen LogP contribution in [0.2, 0.25) is 0 Å². The van der Waals surface area contributed by atoms with Crippen molar-refractivity contribution < 1.29 is 19.1 Å². The van der Waals surface area contributed by atoms with Crippen molar-refractivity contribution in [3.63, 3.8) is 0 Å². The second-order valence-electron chi connectivity index (χ2n) is 5.56. The van der Waals surface area contributed by atoms with Crippen molar-refractivity contribution in [3.05, 3.63) is 0 Å². The normalized spacial score (nSPS) is 19.0. The molecule has 21 heavy (non-hydrogen) atoms. The summed E-state index contributed by atoms with van der Waals surface area (Å²) in [6, 6.07) is 0.615. The minimum absolute atomic E-state index is 0.212. The van der Waals surface area contributed by atoms with Gasteiger partial charge in [0.15, 0.2) is 0 Å². The number of nitrogens with zero attached hydrogens (tertiary/aromatic N) is 2. The maximum atomic E-state index is 11.3. The summed E-state index contributed by atoms with van der Waals surface area (Å²) in [5.41, 5.74) is 0. The van der Waals surface area contributed by atoms with E-state index in [4.69, 9.17) is 0 Å². The summed E-state index contributed by atoms with van der Waals surface area (Å²) in [5.74, 6) is -0.424. The minimum Gasteiger partial charge on any atom is -0.469 e. The van der Waals surface area contributed by atoms with Crippen LogP contribution >= 0.6 is 0 Å². The molecule has 0 aromatic heterocycles. The van der Waals surface area contributed by atoms with Gasteiger partial charge in [-0.15, -0.1) is 0 Å². The standard InChI is InChI=1S/C15H28N2O4/c1-16-9-4-5-13(16)6-10-17(11-7-14(18)20-2)12-8-15(19)21-3/h13H,4-12H2,1-3H3. The Balaban J connectivity index is 2.38. The summed E-state index contributed by atoms with van der Waals surface area (Å²) in [4.78, 5) is 27.1. The zero-order valence-electron chi connectivity index (χ0n) is 13.5. The molecule has 0 spiro atoms. The Morgan fingerprint density at radius 1 is 1.10 bits per heavy atom. The summed E-state index contributed by atoms with van der Waals surface area (Å²) < 4.78 is 9.35. The van der Waals surface area contributed by atoms with Gasteiger partial charge in [0.05, 0.1) is 27.1 Å². The molecule has 122 valence electrons. The van der Waals surface area contributed by atoms with Gasteiger partial charge in [0.2, 0.25) is 0 Å². The molecule has 0 saturated carbocycles. The van der Waals surface area contributed by atoms with Crippen LogP contribution in [0, 0.1) is 0 Å². The van der Waals surface area contributed by atoms with E-state index >= 15 is 0 Å². The highest BCUT2D eigenvalue weighted by molar-refractivity contribution is 5.70. The predicted molar refractivity (Wildman–Crippen MR) is 80.0 cm³/mol. The van der Waals surface area contributed by atoms with Gasteiger partial charge in [-0.05, 0) is 39.4 Å². The van der Waals surface area contributed by atoms with Crippen LogP contribution in [0.25, 0.3) is 0 Å². The van der Waals surface area contributed by atoms with E-state index in [2.05, 4.69) is 26.3 Å². The van der Waals surface area contributed by atoms with E-state index < -0.39 is 0 Å². The van der Waals surface area contributed by atoms with Crippen molar-refractivity contribution in [2.24, 2.45) is 0 Å². The molecular formula is C15H28N2O4. The predicted octanol–water partition coefficient (Wildman–Crippen LogP) is 0.899. The Kier molecular flexibility index (Phi) is 8.30. The van der Waals surface area contributed by atoms with Gasteiger partial charge in [0, 0.05) is 19.1 Å². The molecule has 1 atom stereocenters. The number of rotatable bonds is 9. The van der Waals surface area contributed by atoms with Crippen LogP contribution in [0.1, 0.15) is 32.1 Å². The summed E-state index contributed by atoms with van der Waals surface area (Å²) in [6.07, 6.45) is 4.28. The highest BCUT2D eigenvalue weighted by Crippen LogP contribution is 2.18. The smallest absolute Gasteiger partial charge is 0.306 e. The quantitative estimate of drug-likeness (QED) is 0.590. The molecule has 1 saturated heterocycles. The largest absolute Gasteiger partial charge is 0.469 e. The van der Waals surface area contributed by atoms with E-state index in [-0.39, 0.29) is 11.9 Å². The molecule has 0 amide bonds. The lowest BCUT2D eigenvalue weighted by molar-refractivity contribution is -0.141. The fraction of sp³-hybridized carbons (Fsp3) is 0.867. The second-order valence-corrected chi connectivity index (χ2v) is 5.56. The lowest BCUT2D eigenvalue weighted by Crippen LogP contribution is -2.34. The number of likely N-dealkylation sites (tertiary alicyclic amines) is 1. The van der Waals surface area contributed by atoms with Gasteiger partial charge in [0.1, 0.15) is 0 Å². The van der Waals surface area contributed by atoms with Crippen molar-refractivity contribution in [2.75, 3.05) is 47.4 Å². The molecule has 1 unspecified atom stereocenters. The number of carbonyl (C=O) groups is 2. The first-order chi connectivity index (χ1) is 10.1. The number of hydrogen-bond donors (Lipinski definition) is 0. The van der Waals surface area contributed by atoms with Gasteiger partial charge in [-0.1, -0.05) is 0 Å². The van der Waals surface area contributed by atoms with Gasteiger partial charge in [-0.2, -0.15) is 0 Å². The molecule has 0 aromatic rings. The van der Waals surface area contributed by atoms with Crippen molar-refractivity contribution in [1.82, 2.24) is 9.80 Å².